The zero-order chi connectivity index (χ0) is 6.41. The molecule has 0 rings (SSSR count). The third kappa shape index (κ3) is 5.92. The molecule has 3 N–H and O–H groups in total. The molecule has 0 aromatic rings. The van der Waals surface area contributed by atoms with Gasteiger partial charge in [-0.25, -0.2) is 0 Å². The number of likely N-dealkylation sites (N-methyl/N-ethyl adjacent to an activating group) is 1. The molecule has 0 aromatic carbocycles. The maximum atomic E-state index is 3.09. The van der Waals surface area contributed by atoms with Crippen molar-refractivity contribution in [3.8, 4) is 0 Å². The standard InChI is InChI=1S/C6H16N2/c1-6(2)8-5-4-7-3/h6-8H,4-5H2,1-3H3/p+1. The molecule has 0 aliphatic rings. The Bertz CT molecular complexity index is 43.8. The summed E-state index contributed by atoms with van der Waals surface area (Å²) in [6, 6.07) is 0.739. The first-order valence-electron chi connectivity index (χ1n) is 3.25. The third-order valence-electron chi connectivity index (χ3n) is 1.03. The molecule has 0 unspecified atom stereocenters. The van der Waals surface area contributed by atoms with Crippen LogP contribution in [0.2, 0.25) is 0 Å². The summed E-state index contributed by atoms with van der Waals surface area (Å²) < 4.78 is 0. The van der Waals surface area contributed by atoms with E-state index in [1.807, 2.05) is 7.05 Å². The Hall–Kier alpha value is -0.0800. The summed E-state index contributed by atoms with van der Waals surface area (Å²) in [6.07, 6.45) is 0. The Morgan fingerprint density at radius 3 is 2.50 bits per heavy atom. The van der Waals surface area contributed by atoms with Gasteiger partial charge in [-0.1, -0.05) is 0 Å². The van der Waals surface area contributed by atoms with E-state index in [0.29, 0.717) is 0 Å². The second-order valence-corrected chi connectivity index (χ2v) is 2.37. The molecule has 0 aliphatic heterocycles. The van der Waals surface area contributed by atoms with Gasteiger partial charge in [-0.05, 0) is 20.9 Å². The molecule has 8 heavy (non-hydrogen) atoms. The highest BCUT2D eigenvalue weighted by Gasteiger charge is 1.91. The van der Waals surface area contributed by atoms with E-state index >= 15 is 0 Å². The number of quaternary nitrogens is 1. The Balaban J connectivity index is 2.72. The van der Waals surface area contributed by atoms with Crippen molar-refractivity contribution in [1.82, 2.24) is 5.32 Å². The van der Waals surface area contributed by atoms with Crippen molar-refractivity contribution >= 4 is 0 Å². The molecule has 0 aromatic heterocycles. The molecule has 2 nitrogen and oxygen atoms in total. The minimum atomic E-state index is 0.739. The predicted octanol–water partition coefficient (Wildman–Crippen LogP) is -0.822. The SMILES string of the molecule is CNCC[NH2+]C(C)C. The fourth-order valence-electron chi connectivity index (χ4n) is 0.561. The van der Waals surface area contributed by atoms with Gasteiger partial charge < -0.3 is 10.6 Å². The molecule has 0 radical (unpaired) electrons. The van der Waals surface area contributed by atoms with E-state index in [1.54, 1.807) is 0 Å². The summed E-state index contributed by atoms with van der Waals surface area (Å²) in [7, 11) is 1.98. The quantitative estimate of drug-likeness (QED) is 0.463. The second kappa shape index (κ2) is 5.06. The lowest BCUT2D eigenvalue weighted by atomic mass is 10.4. The van der Waals surface area contributed by atoms with E-state index in [1.165, 1.54) is 6.54 Å². The van der Waals surface area contributed by atoms with Crippen LogP contribution in [0.1, 0.15) is 13.8 Å². The van der Waals surface area contributed by atoms with Crippen molar-refractivity contribution in [2.45, 2.75) is 19.9 Å². The highest BCUT2D eigenvalue weighted by atomic mass is 14.9. The van der Waals surface area contributed by atoms with Gasteiger partial charge in [-0.2, -0.15) is 0 Å². The zero-order valence-electron chi connectivity index (χ0n) is 6.07. The van der Waals surface area contributed by atoms with Gasteiger partial charge in [0.05, 0.1) is 12.6 Å². The van der Waals surface area contributed by atoms with Gasteiger partial charge in [0.15, 0.2) is 0 Å². The molecule has 50 valence electrons. The summed E-state index contributed by atoms with van der Waals surface area (Å²) in [5.74, 6) is 0. The van der Waals surface area contributed by atoms with Gasteiger partial charge in [0.1, 0.15) is 0 Å². The molecule has 0 heterocycles. The molecule has 0 bridgehead atoms. The molecular weight excluding hydrogens is 100 g/mol. The van der Waals surface area contributed by atoms with E-state index in [-0.39, 0.29) is 0 Å². The molecule has 2 heteroatoms. The van der Waals surface area contributed by atoms with Gasteiger partial charge in [-0.3, -0.25) is 0 Å². The first-order chi connectivity index (χ1) is 3.77. The number of hydrogen-bond acceptors (Lipinski definition) is 1. The van der Waals surface area contributed by atoms with E-state index in [0.717, 1.165) is 12.6 Å². The van der Waals surface area contributed by atoms with Crippen LogP contribution in [0.4, 0.5) is 0 Å². The summed E-state index contributed by atoms with van der Waals surface area (Å²) in [5.41, 5.74) is 0. The van der Waals surface area contributed by atoms with Crippen LogP contribution in [0.25, 0.3) is 0 Å². The Morgan fingerprint density at radius 2 is 2.12 bits per heavy atom. The topological polar surface area (TPSA) is 28.6 Å². The molecule has 0 spiro atoms. The van der Waals surface area contributed by atoms with Crippen molar-refractivity contribution in [2.75, 3.05) is 20.1 Å². The normalized spacial score (nSPS) is 10.5. The van der Waals surface area contributed by atoms with Gasteiger partial charge >= 0.3 is 0 Å². The minimum absolute atomic E-state index is 0.739. The number of rotatable bonds is 4. The highest BCUT2D eigenvalue weighted by Crippen LogP contribution is 1.59. The van der Waals surface area contributed by atoms with Crippen molar-refractivity contribution in [3.05, 3.63) is 0 Å². The fraction of sp³-hybridized carbons (Fsp3) is 1.00. The van der Waals surface area contributed by atoms with Crippen LogP contribution < -0.4 is 10.6 Å². The smallest absolute Gasteiger partial charge is 0.0884 e. The Morgan fingerprint density at radius 1 is 1.50 bits per heavy atom. The Kier molecular flexibility index (Phi) is 5.01. The van der Waals surface area contributed by atoms with Crippen LogP contribution in [0, 0.1) is 0 Å². The molecule has 0 amide bonds. The van der Waals surface area contributed by atoms with E-state index < -0.39 is 0 Å². The molecule has 0 saturated heterocycles. The number of nitrogens with two attached hydrogens (primary N) is 1. The van der Waals surface area contributed by atoms with Crippen molar-refractivity contribution in [3.63, 3.8) is 0 Å². The van der Waals surface area contributed by atoms with Crippen LogP contribution in [0.3, 0.4) is 0 Å². The van der Waals surface area contributed by atoms with Crippen molar-refractivity contribution in [2.24, 2.45) is 0 Å². The largest absolute Gasteiger partial charge is 0.343 e. The van der Waals surface area contributed by atoms with Gasteiger partial charge in [0.2, 0.25) is 0 Å². The molecule has 0 aliphatic carbocycles. The highest BCUT2D eigenvalue weighted by molar-refractivity contribution is 4.32. The fourth-order valence-corrected chi connectivity index (χ4v) is 0.561. The molecular formula is C6H17N2+. The first kappa shape index (κ1) is 7.92. The summed E-state index contributed by atoms with van der Waals surface area (Å²) >= 11 is 0. The van der Waals surface area contributed by atoms with E-state index in [9.17, 15) is 0 Å². The van der Waals surface area contributed by atoms with Gasteiger partial charge in [0, 0.05) is 6.54 Å². The number of nitrogens with one attached hydrogen (secondary N) is 1. The maximum absolute atomic E-state index is 3.09. The molecule has 0 fully saturated rings. The maximum Gasteiger partial charge on any atom is 0.0884 e. The zero-order valence-corrected chi connectivity index (χ0v) is 6.07. The van der Waals surface area contributed by atoms with E-state index in [2.05, 4.69) is 24.5 Å². The molecule has 0 saturated carbocycles. The minimum Gasteiger partial charge on any atom is -0.343 e. The summed E-state index contributed by atoms with van der Waals surface area (Å²) in [5, 5.41) is 5.41. The van der Waals surface area contributed by atoms with E-state index in [4.69, 9.17) is 0 Å². The average Bonchev–Trinajstić information content (AvgIpc) is 1.66. The lowest BCUT2D eigenvalue weighted by Crippen LogP contribution is -2.89. The number of hydrogen-bond donors (Lipinski definition) is 2. The van der Waals surface area contributed by atoms with Gasteiger partial charge in [0.25, 0.3) is 0 Å². The van der Waals surface area contributed by atoms with Gasteiger partial charge in [-0.15, -0.1) is 0 Å². The van der Waals surface area contributed by atoms with Crippen LogP contribution in [-0.4, -0.2) is 26.2 Å². The second-order valence-electron chi connectivity index (χ2n) is 2.37. The third-order valence-corrected chi connectivity index (χ3v) is 1.03. The average molecular weight is 117 g/mol. The molecule has 0 atom stereocenters. The lowest BCUT2D eigenvalue weighted by molar-refractivity contribution is -0.681. The van der Waals surface area contributed by atoms with Crippen molar-refractivity contribution in [1.29, 1.82) is 0 Å². The first-order valence-corrected chi connectivity index (χ1v) is 3.25. The van der Waals surface area contributed by atoms with Crippen LogP contribution in [0.5, 0.6) is 0 Å². The van der Waals surface area contributed by atoms with Crippen LogP contribution in [-0.2, 0) is 0 Å². The van der Waals surface area contributed by atoms with Crippen LogP contribution >= 0.6 is 0 Å². The Labute approximate surface area is 51.7 Å². The van der Waals surface area contributed by atoms with Crippen molar-refractivity contribution < 1.29 is 5.32 Å². The predicted molar refractivity (Wildman–Crippen MR) is 35.9 cm³/mol. The summed E-state index contributed by atoms with van der Waals surface area (Å²) in [4.78, 5) is 0. The lowest BCUT2D eigenvalue weighted by Gasteiger charge is -2.02. The monoisotopic (exact) mass is 117 g/mol. The van der Waals surface area contributed by atoms with Crippen LogP contribution in [0.15, 0.2) is 0 Å². The summed E-state index contributed by atoms with van der Waals surface area (Å²) in [6.45, 7) is 6.71.